The third-order valence-corrected chi connectivity index (χ3v) is 6.56. The first-order valence-electron chi connectivity index (χ1n) is 11.4. The summed E-state index contributed by atoms with van der Waals surface area (Å²) in [6.07, 6.45) is 0. The van der Waals surface area contributed by atoms with Gasteiger partial charge in [0.15, 0.2) is 0 Å². The van der Waals surface area contributed by atoms with Gasteiger partial charge in [-0.05, 0) is 41.5 Å². The van der Waals surface area contributed by atoms with Gasteiger partial charge in [0.2, 0.25) is 5.91 Å². The Morgan fingerprint density at radius 1 is 0.943 bits per heavy atom. The normalized spacial score (nSPS) is 14.8. The van der Waals surface area contributed by atoms with E-state index in [0.29, 0.717) is 12.2 Å². The Bertz CT molecular complexity index is 1410. The van der Waals surface area contributed by atoms with Crippen molar-refractivity contribution in [1.82, 2.24) is 14.8 Å². The van der Waals surface area contributed by atoms with Crippen LogP contribution in [0.3, 0.4) is 0 Å². The van der Waals surface area contributed by atoms with Crippen molar-refractivity contribution in [2.24, 2.45) is 7.05 Å². The van der Waals surface area contributed by atoms with Crippen molar-refractivity contribution in [2.75, 3.05) is 20.8 Å². The fourth-order valence-electron chi connectivity index (χ4n) is 4.86. The molecular weight excluding hydrogens is 442 g/mol. The maximum Gasteiger partial charge on any atom is 0.272 e. The summed E-state index contributed by atoms with van der Waals surface area (Å²) in [6, 6.07) is 22.8. The molecule has 0 spiro atoms. The van der Waals surface area contributed by atoms with Crippen molar-refractivity contribution in [3.05, 3.63) is 95.2 Å². The highest BCUT2D eigenvalue weighted by atomic mass is 16.5. The lowest BCUT2D eigenvalue weighted by Gasteiger charge is -2.26. The number of benzene rings is 3. The van der Waals surface area contributed by atoms with Crippen LogP contribution in [0.15, 0.2) is 72.8 Å². The molecule has 0 aliphatic carbocycles. The number of para-hydroxylation sites is 1. The van der Waals surface area contributed by atoms with Crippen molar-refractivity contribution in [2.45, 2.75) is 12.6 Å². The number of carbonyl (C=O) groups excluding carboxylic acids is 2. The monoisotopic (exact) mass is 469 g/mol. The third kappa shape index (κ3) is 3.99. The first-order chi connectivity index (χ1) is 17.0. The first-order valence-corrected chi connectivity index (χ1v) is 11.4. The molecule has 2 heterocycles. The van der Waals surface area contributed by atoms with E-state index >= 15 is 0 Å². The standard InChI is InChI=1S/C28H27N3O4/c1-30-23-10-5-4-9-22(23)25-26(19-11-13-20(34-2)14-12-19)31(28(33)27(25)30)17-24(32)29-16-18-7-6-8-21(15-18)35-3/h4-15,26H,16-17H2,1-3H3,(H,29,32)/t26-/m0/s1. The fourth-order valence-corrected chi connectivity index (χ4v) is 4.86. The molecule has 2 amide bonds. The minimum Gasteiger partial charge on any atom is -0.497 e. The number of aromatic nitrogens is 1. The zero-order chi connectivity index (χ0) is 24.5. The molecule has 1 N–H and O–H groups in total. The molecule has 0 saturated heterocycles. The summed E-state index contributed by atoms with van der Waals surface area (Å²) in [5, 5.41) is 3.96. The van der Waals surface area contributed by atoms with Crippen molar-refractivity contribution in [3.63, 3.8) is 0 Å². The molecule has 0 saturated carbocycles. The quantitative estimate of drug-likeness (QED) is 0.443. The average molecular weight is 470 g/mol. The second-order valence-electron chi connectivity index (χ2n) is 8.58. The number of aryl methyl sites for hydroxylation is 1. The van der Waals surface area contributed by atoms with Crippen LogP contribution < -0.4 is 14.8 Å². The highest BCUT2D eigenvalue weighted by Gasteiger charge is 2.42. The van der Waals surface area contributed by atoms with Crippen molar-refractivity contribution in [1.29, 1.82) is 0 Å². The van der Waals surface area contributed by atoms with E-state index in [1.807, 2.05) is 84.4 Å². The van der Waals surface area contributed by atoms with Gasteiger partial charge < -0.3 is 24.3 Å². The highest BCUT2D eigenvalue weighted by Crippen LogP contribution is 2.43. The van der Waals surface area contributed by atoms with Crippen LogP contribution in [0.4, 0.5) is 0 Å². The molecule has 7 nitrogen and oxygen atoms in total. The van der Waals surface area contributed by atoms with Crippen LogP contribution in [0.2, 0.25) is 0 Å². The summed E-state index contributed by atoms with van der Waals surface area (Å²) in [5.41, 5.74) is 4.39. The second-order valence-corrected chi connectivity index (χ2v) is 8.58. The predicted molar refractivity (Wildman–Crippen MR) is 134 cm³/mol. The van der Waals surface area contributed by atoms with Crippen LogP contribution in [0, 0.1) is 0 Å². The van der Waals surface area contributed by atoms with E-state index in [4.69, 9.17) is 9.47 Å². The molecule has 0 radical (unpaired) electrons. The number of nitrogens with one attached hydrogen (secondary N) is 1. The van der Waals surface area contributed by atoms with E-state index in [0.717, 1.165) is 39.1 Å². The molecule has 35 heavy (non-hydrogen) atoms. The Labute approximate surface area is 203 Å². The summed E-state index contributed by atoms with van der Waals surface area (Å²) in [7, 11) is 5.13. The van der Waals surface area contributed by atoms with Crippen LogP contribution in [0.1, 0.15) is 33.2 Å². The van der Waals surface area contributed by atoms with Crippen molar-refractivity contribution in [3.8, 4) is 11.5 Å². The molecular formula is C28H27N3O4. The largest absolute Gasteiger partial charge is 0.497 e. The van der Waals surface area contributed by atoms with Gasteiger partial charge in [-0.1, -0.05) is 42.5 Å². The molecule has 4 aromatic rings. The number of hydrogen-bond donors (Lipinski definition) is 1. The molecule has 1 aliphatic rings. The molecule has 1 aliphatic heterocycles. The molecule has 3 aromatic carbocycles. The Morgan fingerprint density at radius 2 is 1.69 bits per heavy atom. The number of fused-ring (bicyclic) bond motifs is 3. The summed E-state index contributed by atoms with van der Waals surface area (Å²) in [6.45, 7) is 0.295. The summed E-state index contributed by atoms with van der Waals surface area (Å²) >= 11 is 0. The number of rotatable bonds is 7. The average Bonchev–Trinajstić information content (AvgIpc) is 3.35. The van der Waals surface area contributed by atoms with Gasteiger partial charge in [-0.25, -0.2) is 0 Å². The van der Waals surface area contributed by atoms with Crippen LogP contribution >= 0.6 is 0 Å². The lowest BCUT2D eigenvalue weighted by Crippen LogP contribution is -2.39. The molecule has 7 heteroatoms. The lowest BCUT2D eigenvalue weighted by molar-refractivity contribution is -0.122. The molecule has 0 unspecified atom stereocenters. The van der Waals surface area contributed by atoms with Gasteiger partial charge in [-0.2, -0.15) is 0 Å². The minimum atomic E-state index is -0.378. The van der Waals surface area contributed by atoms with Crippen LogP contribution in [-0.2, 0) is 18.4 Å². The van der Waals surface area contributed by atoms with Gasteiger partial charge in [0, 0.05) is 30.1 Å². The topological polar surface area (TPSA) is 72.8 Å². The van der Waals surface area contributed by atoms with E-state index in [1.54, 1.807) is 19.1 Å². The van der Waals surface area contributed by atoms with Crippen LogP contribution in [0.5, 0.6) is 11.5 Å². The Morgan fingerprint density at radius 3 is 2.43 bits per heavy atom. The minimum absolute atomic E-state index is 0.0531. The second kappa shape index (κ2) is 9.18. The number of methoxy groups -OCH3 is 2. The number of nitrogens with zero attached hydrogens (tertiary/aromatic N) is 2. The van der Waals surface area contributed by atoms with Gasteiger partial charge >= 0.3 is 0 Å². The fraction of sp³-hybridized carbons (Fsp3) is 0.214. The maximum atomic E-state index is 13.7. The number of ether oxygens (including phenoxy) is 2. The number of amides is 2. The van der Waals surface area contributed by atoms with Crippen LogP contribution in [0.25, 0.3) is 10.9 Å². The summed E-state index contributed by atoms with van der Waals surface area (Å²) < 4.78 is 12.5. The summed E-state index contributed by atoms with van der Waals surface area (Å²) in [4.78, 5) is 28.3. The molecule has 0 bridgehead atoms. The van der Waals surface area contributed by atoms with Crippen LogP contribution in [-0.4, -0.2) is 42.0 Å². The number of hydrogen-bond acceptors (Lipinski definition) is 4. The third-order valence-electron chi connectivity index (χ3n) is 6.56. The van der Waals surface area contributed by atoms with E-state index in [9.17, 15) is 9.59 Å². The Balaban J connectivity index is 1.47. The molecule has 1 atom stereocenters. The van der Waals surface area contributed by atoms with Crippen molar-refractivity contribution < 1.29 is 19.1 Å². The zero-order valence-electron chi connectivity index (χ0n) is 19.9. The molecule has 5 rings (SSSR count). The van der Waals surface area contributed by atoms with Gasteiger partial charge in [0.25, 0.3) is 5.91 Å². The zero-order valence-corrected chi connectivity index (χ0v) is 19.9. The Kier molecular flexibility index (Phi) is 5.91. The number of carbonyl (C=O) groups is 2. The highest BCUT2D eigenvalue weighted by molar-refractivity contribution is 6.07. The molecule has 178 valence electrons. The SMILES string of the molecule is COc1ccc([C@H]2c3c(n(C)c4ccccc34)C(=O)N2CC(=O)NCc2cccc(OC)c2)cc1. The molecule has 0 fully saturated rings. The van der Waals surface area contributed by atoms with Gasteiger partial charge in [-0.15, -0.1) is 0 Å². The van der Waals surface area contributed by atoms with Gasteiger partial charge in [-0.3, -0.25) is 9.59 Å². The predicted octanol–water partition coefficient (Wildman–Crippen LogP) is 4.06. The molecule has 1 aromatic heterocycles. The smallest absolute Gasteiger partial charge is 0.272 e. The Hall–Kier alpha value is -4.26. The van der Waals surface area contributed by atoms with E-state index in [1.165, 1.54) is 0 Å². The maximum absolute atomic E-state index is 13.7. The van der Waals surface area contributed by atoms with E-state index in [2.05, 4.69) is 5.32 Å². The van der Waals surface area contributed by atoms with Gasteiger partial charge in [0.05, 0.1) is 20.3 Å². The summed E-state index contributed by atoms with van der Waals surface area (Å²) in [5.74, 6) is 1.08. The van der Waals surface area contributed by atoms with E-state index in [-0.39, 0.29) is 24.4 Å². The van der Waals surface area contributed by atoms with Crippen molar-refractivity contribution >= 4 is 22.7 Å². The van der Waals surface area contributed by atoms with E-state index < -0.39 is 0 Å². The first kappa shape index (κ1) is 22.5. The lowest BCUT2D eigenvalue weighted by atomic mass is 9.98. The van der Waals surface area contributed by atoms with Gasteiger partial charge in [0.1, 0.15) is 23.7 Å².